The van der Waals surface area contributed by atoms with Gasteiger partial charge in [-0.3, -0.25) is 14.4 Å². The molecule has 0 bridgehead atoms. The summed E-state index contributed by atoms with van der Waals surface area (Å²) in [6, 6.07) is 13.0. The molecule has 0 aromatic heterocycles. The van der Waals surface area contributed by atoms with Gasteiger partial charge < -0.3 is 31.5 Å². The fourth-order valence-corrected chi connectivity index (χ4v) is 6.18. The first-order valence-electron chi connectivity index (χ1n) is 12.1. The molecule has 2 aromatic rings. The Hall–Kier alpha value is -3.95. The highest BCUT2D eigenvalue weighted by Crippen LogP contribution is 2.57. The number of aromatic hydroxyl groups is 1. The van der Waals surface area contributed by atoms with E-state index >= 15 is 0 Å². The number of primary amides is 1. The third-order valence-corrected chi connectivity index (χ3v) is 7.94. The van der Waals surface area contributed by atoms with Gasteiger partial charge in [0.1, 0.15) is 22.8 Å². The van der Waals surface area contributed by atoms with Gasteiger partial charge in [-0.1, -0.05) is 43.3 Å². The largest absolute Gasteiger partial charge is 0.508 e. The lowest BCUT2D eigenvalue weighted by Gasteiger charge is -2.50. The average molecular weight is 505 g/mol. The second kappa shape index (κ2) is 8.57. The number of carbonyl (C=O) groups is 3. The third-order valence-electron chi connectivity index (χ3n) is 7.94. The van der Waals surface area contributed by atoms with Crippen molar-refractivity contribution in [2.24, 2.45) is 17.1 Å². The molecule has 3 aliphatic rings. The van der Waals surface area contributed by atoms with Crippen molar-refractivity contribution in [1.29, 1.82) is 0 Å². The van der Waals surface area contributed by atoms with Crippen molar-refractivity contribution in [3.05, 3.63) is 81.6 Å². The third kappa shape index (κ3) is 3.65. The zero-order valence-corrected chi connectivity index (χ0v) is 20.2. The highest BCUT2D eigenvalue weighted by molar-refractivity contribution is 6.22. The molecule has 9 heteroatoms. The average Bonchev–Trinajstić information content (AvgIpc) is 2.83. The van der Waals surface area contributed by atoms with Crippen molar-refractivity contribution >= 4 is 23.2 Å². The summed E-state index contributed by atoms with van der Waals surface area (Å²) in [7, 11) is 0. The number of aliphatic hydroxyl groups excluding tert-OH is 2. The van der Waals surface area contributed by atoms with Gasteiger partial charge in [0.2, 0.25) is 5.78 Å². The van der Waals surface area contributed by atoms with Gasteiger partial charge >= 0.3 is 0 Å². The van der Waals surface area contributed by atoms with E-state index in [1.54, 1.807) is 13.0 Å². The molecule has 0 saturated heterocycles. The second-order valence-electron chi connectivity index (χ2n) is 10.4. The van der Waals surface area contributed by atoms with Crippen LogP contribution in [0.25, 0.3) is 5.76 Å². The minimum Gasteiger partial charge on any atom is -0.508 e. The number of nitrogens with two attached hydrogens (primary N) is 1. The Labute approximate surface area is 212 Å². The molecular weight excluding hydrogens is 476 g/mol. The van der Waals surface area contributed by atoms with E-state index in [-0.39, 0.29) is 36.1 Å². The van der Waals surface area contributed by atoms with E-state index in [4.69, 9.17) is 5.73 Å². The minimum atomic E-state index is -2.58. The van der Waals surface area contributed by atoms with Crippen molar-refractivity contribution < 1.29 is 34.8 Å². The van der Waals surface area contributed by atoms with Gasteiger partial charge in [-0.25, -0.2) is 0 Å². The van der Waals surface area contributed by atoms with Crippen molar-refractivity contribution in [3.63, 3.8) is 0 Å². The van der Waals surface area contributed by atoms with Gasteiger partial charge in [0.25, 0.3) is 5.91 Å². The van der Waals surface area contributed by atoms with Crippen LogP contribution in [-0.2, 0) is 33.9 Å². The van der Waals surface area contributed by atoms with E-state index in [0.29, 0.717) is 18.7 Å². The number of phenolic OH excluding ortho intramolecular Hbond substituents is 1. The first-order chi connectivity index (χ1) is 17.5. The predicted molar refractivity (Wildman–Crippen MR) is 133 cm³/mol. The lowest BCUT2D eigenvalue weighted by Crippen LogP contribution is -2.60. The fraction of sp³-hybridized carbons (Fsp3) is 0.321. The molecule has 0 heterocycles. The molecule has 0 unspecified atom stereocenters. The number of aliphatic hydroxyl groups is 3. The Kier molecular flexibility index (Phi) is 5.73. The number of Topliss-reactive ketones (excluding diaryl/α,β-unsaturated/α-hetero) is 2. The molecule has 3 aliphatic carbocycles. The molecule has 2 aromatic carbocycles. The Morgan fingerprint density at radius 3 is 2.46 bits per heavy atom. The van der Waals surface area contributed by atoms with Crippen molar-refractivity contribution in [1.82, 2.24) is 5.32 Å². The molecule has 1 fully saturated rings. The van der Waals surface area contributed by atoms with E-state index in [1.165, 1.54) is 6.07 Å². The normalized spacial score (nSPS) is 27.0. The number of ketones is 2. The van der Waals surface area contributed by atoms with Crippen molar-refractivity contribution in [2.75, 3.05) is 0 Å². The molecule has 1 saturated carbocycles. The lowest BCUT2D eigenvalue weighted by molar-refractivity contribution is -0.150. The topological polar surface area (TPSA) is 170 Å². The number of phenols is 1. The van der Waals surface area contributed by atoms with Crippen LogP contribution in [0.1, 0.15) is 42.0 Å². The molecule has 37 heavy (non-hydrogen) atoms. The lowest BCUT2D eigenvalue weighted by atomic mass is 9.53. The Morgan fingerprint density at radius 1 is 1.08 bits per heavy atom. The monoisotopic (exact) mass is 504 g/mol. The van der Waals surface area contributed by atoms with E-state index in [0.717, 1.165) is 11.1 Å². The maximum atomic E-state index is 13.7. The number of amides is 1. The summed E-state index contributed by atoms with van der Waals surface area (Å²) in [6.07, 6.45) is -0.0345. The van der Waals surface area contributed by atoms with E-state index in [9.17, 15) is 34.8 Å². The van der Waals surface area contributed by atoms with Crippen LogP contribution in [0.15, 0.2) is 59.4 Å². The van der Waals surface area contributed by atoms with Crippen molar-refractivity contribution in [2.45, 2.75) is 44.9 Å². The first kappa shape index (κ1) is 24.7. The zero-order chi connectivity index (χ0) is 26.7. The second-order valence-corrected chi connectivity index (χ2v) is 10.4. The molecule has 3 atom stereocenters. The summed E-state index contributed by atoms with van der Waals surface area (Å²) in [4.78, 5) is 38.1. The zero-order valence-electron chi connectivity index (χ0n) is 20.2. The summed E-state index contributed by atoms with van der Waals surface area (Å²) in [5.41, 5.74) is 3.35. The Bertz CT molecular complexity index is 1410. The van der Waals surface area contributed by atoms with Crippen LogP contribution in [0.5, 0.6) is 5.75 Å². The fourth-order valence-electron chi connectivity index (χ4n) is 6.18. The summed E-state index contributed by atoms with van der Waals surface area (Å²) < 4.78 is 0. The summed E-state index contributed by atoms with van der Waals surface area (Å²) in [5, 5.41) is 47.5. The molecule has 0 radical (unpaired) electrons. The minimum absolute atomic E-state index is 0.0719. The summed E-state index contributed by atoms with van der Waals surface area (Å²) in [6.45, 7) is 2.78. The first-order valence-corrected chi connectivity index (χ1v) is 12.1. The SMILES string of the molecule is C[C@@]12Cc3c(CNCc4ccccc4)ccc(O)c3C(O)=C1C(=O)[C@]1(O)C(O)=C(C(N)=O)C(=O)C[C@@H]1C2. The molecular formula is C28H28N2O7. The Balaban J connectivity index is 1.57. The molecule has 0 spiro atoms. The quantitative estimate of drug-likeness (QED) is 0.336. The number of hydrogen-bond acceptors (Lipinski definition) is 8. The molecule has 7 N–H and O–H groups in total. The van der Waals surface area contributed by atoms with E-state index in [2.05, 4.69) is 5.32 Å². The standard InChI is InChI=1S/C28H28N2O7/c1-27-10-16-9-19(32)21(26(29)36)24(34)28(16,37)25(35)22(27)23(33)20-17(11-27)15(7-8-18(20)31)13-30-12-14-5-3-2-4-6-14/h2-8,16,30-31,33-34,37H,9-13H2,1H3,(H2,29,36)/t16-,27-,28-/m1/s1. The molecule has 0 aliphatic heterocycles. The van der Waals surface area contributed by atoms with Crippen molar-refractivity contribution in [3.8, 4) is 5.75 Å². The van der Waals surface area contributed by atoms with Gasteiger partial charge in [-0.15, -0.1) is 0 Å². The maximum Gasteiger partial charge on any atom is 0.255 e. The number of benzene rings is 2. The molecule has 5 rings (SSSR count). The number of hydrogen-bond donors (Lipinski definition) is 6. The highest BCUT2D eigenvalue weighted by Gasteiger charge is 2.63. The van der Waals surface area contributed by atoms with E-state index < -0.39 is 51.5 Å². The molecule has 9 nitrogen and oxygen atoms in total. The van der Waals surface area contributed by atoms with Crippen LogP contribution in [0, 0.1) is 11.3 Å². The van der Waals surface area contributed by atoms with Crippen LogP contribution < -0.4 is 11.1 Å². The molecule has 1 amide bonds. The van der Waals surface area contributed by atoms with Crippen LogP contribution in [0.2, 0.25) is 0 Å². The van der Waals surface area contributed by atoms with Gasteiger partial charge in [-0.2, -0.15) is 0 Å². The predicted octanol–water partition coefficient (Wildman–Crippen LogP) is 2.10. The number of fused-ring (bicyclic) bond motifs is 3. The van der Waals surface area contributed by atoms with Gasteiger partial charge in [-0.05, 0) is 35.6 Å². The number of carbonyl (C=O) groups excluding carboxylic acids is 3. The van der Waals surface area contributed by atoms with Gasteiger partial charge in [0.05, 0.1) is 5.56 Å². The van der Waals surface area contributed by atoms with Gasteiger partial charge in [0, 0.05) is 36.4 Å². The number of nitrogens with one attached hydrogen (secondary N) is 1. The van der Waals surface area contributed by atoms with E-state index in [1.807, 2.05) is 30.3 Å². The summed E-state index contributed by atoms with van der Waals surface area (Å²) in [5.74, 6) is -5.82. The summed E-state index contributed by atoms with van der Waals surface area (Å²) >= 11 is 0. The van der Waals surface area contributed by atoms with Crippen LogP contribution >= 0.6 is 0 Å². The van der Waals surface area contributed by atoms with Crippen LogP contribution in [-0.4, -0.2) is 43.5 Å². The highest BCUT2D eigenvalue weighted by atomic mass is 16.3. The van der Waals surface area contributed by atoms with Crippen LogP contribution in [0.4, 0.5) is 0 Å². The number of rotatable bonds is 5. The Morgan fingerprint density at radius 2 is 1.78 bits per heavy atom. The molecule has 192 valence electrons. The maximum absolute atomic E-state index is 13.7. The smallest absolute Gasteiger partial charge is 0.255 e. The van der Waals surface area contributed by atoms with Crippen LogP contribution in [0.3, 0.4) is 0 Å². The van der Waals surface area contributed by atoms with Gasteiger partial charge in [0.15, 0.2) is 11.4 Å².